The topological polar surface area (TPSA) is 43.9 Å². The number of fused-ring (bicyclic) bond motifs is 4. The predicted octanol–water partition coefficient (Wildman–Crippen LogP) is 1.92. The smallest absolute Gasteiger partial charge is 0.282 e. The van der Waals surface area contributed by atoms with Gasteiger partial charge in [-0.05, 0) is 37.2 Å². The summed E-state index contributed by atoms with van der Waals surface area (Å²) in [5, 5.41) is 0. The molecule has 0 aliphatic carbocycles. The highest BCUT2D eigenvalue weighted by atomic mass is 32.2. The van der Waals surface area contributed by atoms with Crippen molar-refractivity contribution in [3.8, 4) is 0 Å². The summed E-state index contributed by atoms with van der Waals surface area (Å²) >= 11 is 0. The monoisotopic (exact) mass is 349 g/mol. The van der Waals surface area contributed by atoms with E-state index in [0.717, 1.165) is 38.8 Å². The standard InChI is InChI=1S/C18H27N3O2S/c22-24(23,20-10-4-5-11-20)21-14-17-8-9-18(15-21)19(13-17)12-16-6-2-1-3-7-16/h1-3,6-7,17-18H,4-5,8-15H2/t17-,18-/m0/s1. The molecular weight excluding hydrogens is 322 g/mol. The van der Waals surface area contributed by atoms with Crippen molar-refractivity contribution in [2.75, 3.05) is 32.7 Å². The van der Waals surface area contributed by atoms with Gasteiger partial charge < -0.3 is 0 Å². The molecule has 5 nitrogen and oxygen atoms in total. The van der Waals surface area contributed by atoms with E-state index in [9.17, 15) is 8.42 Å². The second-order valence-electron chi connectivity index (χ2n) is 7.44. The van der Waals surface area contributed by atoms with Crippen molar-refractivity contribution < 1.29 is 8.42 Å². The Bertz CT molecular complexity index is 658. The summed E-state index contributed by atoms with van der Waals surface area (Å²) in [6.45, 7) is 4.69. The lowest BCUT2D eigenvalue weighted by molar-refractivity contribution is 0.125. The van der Waals surface area contributed by atoms with Gasteiger partial charge in [-0.3, -0.25) is 4.90 Å². The molecule has 1 aromatic carbocycles. The summed E-state index contributed by atoms with van der Waals surface area (Å²) in [6, 6.07) is 10.9. The summed E-state index contributed by atoms with van der Waals surface area (Å²) < 4.78 is 29.4. The lowest BCUT2D eigenvalue weighted by Gasteiger charge is -2.36. The van der Waals surface area contributed by atoms with Gasteiger partial charge in [0, 0.05) is 45.3 Å². The zero-order valence-electron chi connectivity index (χ0n) is 14.2. The Morgan fingerprint density at radius 3 is 2.42 bits per heavy atom. The Morgan fingerprint density at radius 2 is 1.67 bits per heavy atom. The number of piperidine rings is 1. The first-order chi connectivity index (χ1) is 11.6. The number of benzene rings is 1. The fraction of sp³-hybridized carbons (Fsp3) is 0.667. The maximum Gasteiger partial charge on any atom is 0.282 e. The predicted molar refractivity (Wildman–Crippen MR) is 94.7 cm³/mol. The molecule has 0 amide bonds. The number of hydrogen-bond donors (Lipinski definition) is 0. The average molecular weight is 350 g/mol. The van der Waals surface area contributed by atoms with Crippen LogP contribution in [0.15, 0.2) is 30.3 Å². The second-order valence-corrected chi connectivity index (χ2v) is 9.37. The van der Waals surface area contributed by atoms with Gasteiger partial charge in [-0.1, -0.05) is 30.3 Å². The molecule has 4 aliphatic heterocycles. The highest BCUT2D eigenvalue weighted by Crippen LogP contribution is 2.31. The van der Waals surface area contributed by atoms with Crippen molar-refractivity contribution in [2.45, 2.75) is 38.3 Å². The first-order valence-electron chi connectivity index (χ1n) is 9.16. The Labute approximate surface area is 145 Å². The van der Waals surface area contributed by atoms with Crippen molar-refractivity contribution in [1.29, 1.82) is 0 Å². The first-order valence-corrected chi connectivity index (χ1v) is 10.6. The van der Waals surface area contributed by atoms with E-state index < -0.39 is 10.2 Å². The van der Waals surface area contributed by atoms with Gasteiger partial charge in [-0.2, -0.15) is 17.0 Å². The summed E-state index contributed by atoms with van der Waals surface area (Å²) in [7, 11) is -3.27. The van der Waals surface area contributed by atoms with Gasteiger partial charge >= 0.3 is 0 Å². The minimum absolute atomic E-state index is 0.348. The van der Waals surface area contributed by atoms with E-state index in [1.165, 1.54) is 5.56 Å². The third-order valence-electron chi connectivity index (χ3n) is 5.74. The Balaban J connectivity index is 1.50. The molecule has 0 radical (unpaired) electrons. The van der Waals surface area contributed by atoms with E-state index >= 15 is 0 Å². The van der Waals surface area contributed by atoms with Crippen LogP contribution in [0.3, 0.4) is 0 Å². The van der Waals surface area contributed by atoms with Crippen LogP contribution >= 0.6 is 0 Å². The molecule has 132 valence electrons. The molecular formula is C18H27N3O2S. The molecule has 4 heterocycles. The van der Waals surface area contributed by atoms with Gasteiger partial charge in [0.15, 0.2) is 0 Å². The van der Waals surface area contributed by atoms with Crippen LogP contribution in [-0.2, 0) is 16.8 Å². The summed E-state index contributed by atoms with van der Waals surface area (Å²) in [5.74, 6) is 0.463. The van der Waals surface area contributed by atoms with Crippen LogP contribution in [0.2, 0.25) is 0 Å². The van der Waals surface area contributed by atoms with Crippen molar-refractivity contribution in [3.63, 3.8) is 0 Å². The summed E-state index contributed by atoms with van der Waals surface area (Å²) in [4.78, 5) is 2.50. The molecule has 5 rings (SSSR count). The Morgan fingerprint density at radius 1 is 0.917 bits per heavy atom. The maximum atomic E-state index is 13.0. The average Bonchev–Trinajstić information content (AvgIpc) is 2.98. The van der Waals surface area contributed by atoms with Crippen LogP contribution < -0.4 is 0 Å². The van der Waals surface area contributed by atoms with Crippen LogP contribution in [0, 0.1) is 5.92 Å². The molecule has 1 aromatic rings. The molecule has 0 saturated carbocycles. The lowest BCUT2D eigenvalue weighted by atomic mass is 9.94. The molecule has 4 saturated heterocycles. The molecule has 6 heteroatoms. The molecule has 0 N–H and O–H groups in total. The van der Waals surface area contributed by atoms with Gasteiger partial charge in [-0.25, -0.2) is 0 Å². The van der Waals surface area contributed by atoms with Crippen LogP contribution in [0.25, 0.3) is 0 Å². The van der Waals surface area contributed by atoms with Crippen LogP contribution in [0.4, 0.5) is 0 Å². The molecule has 4 fully saturated rings. The SMILES string of the molecule is O=S(=O)(N1CCCC1)N1C[C@H]2CC[C@@H](C1)N(Cc1ccccc1)C2. The van der Waals surface area contributed by atoms with E-state index in [1.54, 1.807) is 8.61 Å². The van der Waals surface area contributed by atoms with E-state index in [4.69, 9.17) is 0 Å². The quantitative estimate of drug-likeness (QED) is 0.834. The molecule has 0 aromatic heterocycles. The van der Waals surface area contributed by atoms with Crippen molar-refractivity contribution in [3.05, 3.63) is 35.9 Å². The summed E-state index contributed by atoms with van der Waals surface area (Å²) in [6.07, 6.45) is 4.27. The lowest BCUT2D eigenvalue weighted by Crippen LogP contribution is -2.47. The normalized spacial score (nSPS) is 29.8. The molecule has 2 bridgehead atoms. The number of rotatable bonds is 4. The molecule has 24 heavy (non-hydrogen) atoms. The third kappa shape index (κ3) is 3.25. The maximum absolute atomic E-state index is 13.0. The van der Waals surface area contributed by atoms with E-state index in [2.05, 4.69) is 29.2 Å². The minimum atomic E-state index is -3.27. The van der Waals surface area contributed by atoms with Crippen molar-refractivity contribution >= 4 is 10.2 Å². The Kier molecular flexibility index (Phi) is 4.64. The molecule has 4 aliphatic rings. The molecule has 0 unspecified atom stereocenters. The van der Waals surface area contributed by atoms with Crippen LogP contribution in [0.1, 0.15) is 31.2 Å². The van der Waals surface area contributed by atoms with Crippen LogP contribution in [0.5, 0.6) is 0 Å². The third-order valence-corrected chi connectivity index (χ3v) is 7.71. The zero-order valence-corrected chi connectivity index (χ0v) is 15.0. The zero-order chi connectivity index (χ0) is 16.6. The van der Waals surface area contributed by atoms with E-state index in [1.807, 2.05) is 6.07 Å². The highest BCUT2D eigenvalue weighted by Gasteiger charge is 2.41. The minimum Gasteiger partial charge on any atom is -0.294 e. The van der Waals surface area contributed by atoms with Gasteiger partial charge in [-0.15, -0.1) is 0 Å². The fourth-order valence-corrected chi connectivity index (χ4v) is 6.22. The van der Waals surface area contributed by atoms with Gasteiger partial charge in [0.2, 0.25) is 0 Å². The van der Waals surface area contributed by atoms with Gasteiger partial charge in [0.1, 0.15) is 0 Å². The van der Waals surface area contributed by atoms with E-state index in [0.29, 0.717) is 38.1 Å². The first kappa shape index (κ1) is 16.5. The summed E-state index contributed by atoms with van der Waals surface area (Å²) in [5.41, 5.74) is 1.32. The fourth-order valence-electron chi connectivity index (χ4n) is 4.42. The molecule has 0 spiro atoms. The van der Waals surface area contributed by atoms with Gasteiger partial charge in [0.05, 0.1) is 0 Å². The largest absolute Gasteiger partial charge is 0.294 e. The van der Waals surface area contributed by atoms with E-state index in [-0.39, 0.29) is 0 Å². The number of hydrogen-bond acceptors (Lipinski definition) is 3. The van der Waals surface area contributed by atoms with Crippen molar-refractivity contribution in [1.82, 2.24) is 13.5 Å². The second kappa shape index (κ2) is 6.75. The Hall–Kier alpha value is -0.950. The van der Waals surface area contributed by atoms with Gasteiger partial charge in [0.25, 0.3) is 10.2 Å². The number of nitrogens with zero attached hydrogens (tertiary/aromatic N) is 3. The highest BCUT2D eigenvalue weighted by molar-refractivity contribution is 7.86. The van der Waals surface area contributed by atoms with Crippen molar-refractivity contribution in [2.24, 2.45) is 5.92 Å². The van der Waals surface area contributed by atoms with Crippen LogP contribution in [-0.4, -0.2) is 60.7 Å². The molecule has 2 atom stereocenters.